The molecule has 0 amide bonds. The molecule has 2 nitrogen and oxygen atoms in total. The van der Waals surface area contributed by atoms with Gasteiger partial charge in [-0.3, -0.25) is 0 Å². The van der Waals surface area contributed by atoms with Crippen LogP contribution in [0.25, 0.3) is 32.3 Å². The lowest BCUT2D eigenvalue weighted by atomic mass is 9.97. The van der Waals surface area contributed by atoms with Crippen molar-refractivity contribution in [2.24, 2.45) is 5.41 Å². The molecule has 0 aliphatic rings. The summed E-state index contributed by atoms with van der Waals surface area (Å²) in [5.41, 5.74) is -0.330. The first kappa shape index (κ1) is 29.4. The summed E-state index contributed by atoms with van der Waals surface area (Å²) < 4.78 is 5.89. The van der Waals surface area contributed by atoms with Gasteiger partial charge in [0.2, 0.25) is 0 Å². The maximum atomic E-state index is 12.4. The fourth-order valence-electron chi connectivity index (χ4n) is 5.19. The van der Waals surface area contributed by atoms with E-state index >= 15 is 0 Å². The first-order chi connectivity index (χ1) is 21.1. The van der Waals surface area contributed by atoms with Gasteiger partial charge in [0.25, 0.3) is 0 Å². The average Bonchev–Trinajstić information content (AvgIpc) is 3.07. The molecule has 0 bridgehead atoms. The van der Waals surface area contributed by atoms with Crippen LogP contribution in [-0.2, 0) is 9.53 Å². The van der Waals surface area contributed by atoms with Gasteiger partial charge in [0.05, 0.1) is 6.61 Å². The van der Waals surface area contributed by atoms with E-state index in [-0.39, 0.29) is 11.4 Å². The van der Waals surface area contributed by atoms with Crippen molar-refractivity contribution in [1.82, 2.24) is 0 Å². The molecule has 5 heteroatoms. The van der Waals surface area contributed by atoms with Crippen LogP contribution >= 0.6 is 35.3 Å². The largest absolute Gasteiger partial charge is 0.462 e. The number of fused-ring (bicyclic) bond motifs is 3. The third-order valence-electron chi connectivity index (χ3n) is 7.54. The second-order valence-electron chi connectivity index (χ2n) is 10.6. The third kappa shape index (κ3) is 6.96. The Hall–Kier alpha value is -3.64. The van der Waals surface area contributed by atoms with Gasteiger partial charge in [-0.2, -0.15) is 0 Å². The molecule has 0 atom stereocenters. The average molecular weight is 617 g/mol. The Morgan fingerprint density at radius 2 is 0.907 bits per heavy atom. The molecular formula is C38H32O2S3. The first-order valence-corrected chi connectivity index (χ1v) is 17.2. The van der Waals surface area contributed by atoms with Gasteiger partial charge in [-0.05, 0) is 50.5 Å². The van der Waals surface area contributed by atoms with Crippen LogP contribution < -0.4 is 0 Å². The van der Waals surface area contributed by atoms with Crippen LogP contribution in [0.1, 0.15) is 0 Å². The monoisotopic (exact) mass is 616 g/mol. The van der Waals surface area contributed by atoms with Gasteiger partial charge in [0, 0.05) is 43.4 Å². The minimum absolute atomic E-state index is 0.311. The van der Waals surface area contributed by atoms with E-state index in [9.17, 15) is 4.79 Å². The van der Waals surface area contributed by atoms with Crippen molar-refractivity contribution in [3.05, 3.63) is 140 Å². The van der Waals surface area contributed by atoms with Crippen LogP contribution in [0, 0.1) is 5.41 Å². The fourth-order valence-corrected chi connectivity index (χ4v) is 9.37. The topological polar surface area (TPSA) is 26.3 Å². The normalized spacial score (nSPS) is 11.6. The summed E-state index contributed by atoms with van der Waals surface area (Å²) in [6.07, 6.45) is 1.26. The Labute approximate surface area is 265 Å². The van der Waals surface area contributed by atoms with Crippen molar-refractivity contribution in [3.8, 4) is 0 Å². The van der Waals surface area contributed by atoms with Crippen molar-refractivity contribution in [3.63, 3.8) is 0 Å². The van der Waals surface area contributed by atoms with E-state index < -0.39 is 0 Å². The molecule has 0 spiro atoms. The Morgan fingerprint density at radius 3 is 1.28 bits per heavy atom. The molecule has 0 aliphatic heterocycles. The van der Waals surface area contributed by atoms with Crippen LogP contribution in [0.5, 0.6) is 0 Å². The first-order valence-electron chi connectivity index (χ1n) is 14.3. The second kappa shape index (κ2) is 13.8. The van der Waals surface area contributed by atoms with E-state index in [1.165, 1.54) is 53.1 Å². The molecule has 0 N–H and O–H groups in total. The van der Waals surface area contributed by atoms with Crippen molar-refractivity contribution < 1.29 is 9.53 Å². The molecule has 0 aliphatic carbocycles. The van der Waals surface area contributed by atoms with Crippen molar-refractivity contribution in [2.45, 2.75) is 14.7 Å². The second-order valence-corrected chi connectivity index (χ2v) is 13.7. The van der Waals surface area contributed by atoms with E-state index in [0.717, 1.165) is 17.3 Å². The highest BCUT2D eigenvalue weighted by Gasteiger charge is 2.33. The molecule has 0 radical (unpaired) electrons. The van der Waals surface area contributed by atoms with Gasteiger partial charge in [-0.15, -0.1) is 35.3 Å². The summed E-state index contributed by atoms with van der Waals surface area (Å²) in [4.78, 5) is 16.2. The smallest absolute Gasteiger partial charge is 0.330 e. The zero-order valence-corrected chi connectivity index (χ0v) is 26.2. The number of ether oxygens (including phenoxy) is 1. The molecule has 0 aromatic heterocycles. The van der Waals surface area contributed by atoms with Crippen LogP contribution in [0.2, 0.25) is 0 Å². The molecule has 0 fully saturated rings. The Bertz CT molecular complexity index is 1680. The van der Waals surface area contributed by atoms with E-state index in [1.807, 2.05) is 35.3 Å². The van der Waals surface area contributed by atoms with Crippen molar-refractivity contribution in [1.29, 1.82) is 0 Å². The Kier molecular flexibility index (Phi) is 9.42. The number of carbonyl (C=O) groups excluding carboxylic acids is 1. The van der Waals surface area contributed by atoms with E-state index in [4.69, 9.17) is 4.74 Å². The zero-order chi connectivity index (χ0) is 29.5. The van der Waals surface area contributed by atoms with E-state index in [2.05, 4.69) is 134 Å². The predicted octanol–water partition coefficient (Wildman–Crippen LogP) is 10.5. The maximum absolute atomic E-state index is 12.4. The lowest BCUT2D eigenvalue weighted by Gasteiger charge is -2.33. The summed E-state index contributed by atoms with van der Waals surface area (Å²) >= 11 is 5.55. The fraction of sp³-hybridized carbons (Fsp3) is 0.132. The van der Waals surface area contributed by atoms with Gasteiger partial charge in [0.15, 0.2) is 0 Å². The van der Waals surface area contributed by atoms with Gasteiger partial charge < -0.3 is 4.74 Å². The summed E-state index contributed by atoms with van der Waals surface area (Å²) in [5.74, 6) is 1.99. The van der Waals surface area contributed by atoms with Gasteiger partial charge in [0.1, 0.15) is 0 Å². The standard InChI is InChI=1S/C38H32O2S3/c1-2-37(39)40-24-38(25-41-34-21-9-15-28-12-3-6-18-31(28)34,26-42-35-22-10-16-29-13-4-7-19-32(29)35)27-43-36-23-11-17-30-14-5-8-20-33(30)36/h2-23H,1,24-27H2. The molecule has 214 valence electrons. The number of carbonyl (C=O) groups is 1. The lowest BCUT2D eigenvalue weighted by Crippen LogP contribution is -2.36. The lowest BCUT2D eigenvalue weighted by molar-refractivity contribution is -0.140. The van der Waals surface area contributed by atoms with Crippen LogP contribution in [0.15, 0.2) is 155 Å². The van der Waals surface area contributed by atoms with Gasteiger partial charge in [-0.25, -0.2) is 4.79 Å². The predicted molar refractivity (Wildman–Crippen MR) is 188 cm³/mol. The number of thioether (sulfide) groups is 3. The summed E-state index contributed by atoms with van der Waals surface area (Å²) in [6, 6.07) is 45.0. The number of hydrogen-bond acceptors (Lipinski definition) is 5. The maximum Gasteiger partial charge on any atom is 0.330 e. The van der Waals surface area contributed by atoms with Gasteiger partial charge >= 0.3 is 5.97 Å². The Morgan fingerprint density at radius 1 is 0.558 bits per heavy atom. The zero-order valence-electron chi connectivity index (χ0n) is 23.8. The van der Waals surface area contributed by atoms with Crippen molar-refractivity contribution >= 4 is 73.6 Å². The molecule has 0 unspecified atom stereocenters. The molecule has 0 saturated heterocycles. The molecule has 6 aromatic rings. The SMILES string of the molecule is C=CC(=O)OCC(CSc1cccc2ccccc12)(CSc1cccc2ccccc12)CSc1cccc2ccccc12. The number of hydrogen-bond donors (Lipinski definition) is 0. The van der Waals surface area contributed by atoms with Crippen molar-refractivity contribution in [2.75, 3.05) is 23.9 Å². The molecular weight excluding hydrogens is 585 g/mol. The van der Waals surface area contributed by atoms with Crippen LogP contribution in [-0.4, -0.2) is 29.8 Å². The molecule has 6 rings (SSSR count). The molecule has 43 heavy (non-hydrogen) atoms. The molecule has 6 aromatic carbocycles. The van der Waals surface area contributed by atoms with Gasteiger partial charge in [-0.1, -0.05) is 116 Å². The highest BCUT2D eigenvalue weighted by Crippen LogP contribution is 2.42. The highest BCUT2D eigenvalue weighted by molar-refractivity contribution is 8.01. The van der Waals surface area contributed by atoms with Crippen LogP contribution in [0.4, 0.5) is 0 Å². The van der Waals surface area contributed by atoms with Crippen LogP contribution in [0.3, 0.4) is 0 Å². The summed E-state index contributed by atoms with van der Waals surface area (Å²) in [6.45, 7) is 3.96. The number of esters is 1. The highest BCUT2D eigenvalue weighted by atomic mass is 32.2. The minimum atomic E-state index is -0.384. The quantitative estimate of drug-likeness (QED) is 0.0774. The summed E-state index contributed by atoms with van der Waals surface area (Å²) in [5, 5.41) is 7.42. The number of rotatable bonds is 12. The minimum Gasteiger partial charge on any atom is -0.462 e. The molecule has 0 saturated carbocycles. The van der Waals surface area contributed by atoms with E-state index in [1.54, 1.807) is 0 Å². The van der Waals surface area contributed by atoms with E-state index in [0.29, 0.717) is 6.61 Å². The summed E-state index contributed by atoms with van der Waals surface area (Å²) in [7, 11) is 0. The Balaban J connectivity index is 1.36. The third-order valence-corrected chi connectivity index (χ3v) is 11.8. The molecule has 0 heterocycles. The number of benzene rings is 6.